The molecular weight excluding hydrogens is 254 g/mol. The van der Waals surface area contributed by atoms with Gasteiger partial charge in [-0.1, -0.05) is 25.2 Å². The van der Waals surface area contributed by atoms with Crippen LogP contribution in [0, 0.1) is 17.3 Å². The van der Waals surface area contributed by atoms with Gasteiger partial charge in [0.05, 0.1) is 18.4 Å². The molecule has 0 aromatic rings. The molecule has 0 amide bonds. The van der Waals surface area contributed by atoms with Crippen LogP contribution in [0.1, 0.15) is 19.8 Å². The number of carbonyl (C=O) groups is 2. The quantitative estimate of drug-likeness (QED) is 0.722. The van der Waals surface area contributed by atoms with Crippen LogP contribution in [-0.4, -0.2) is 43.9 Å². The number of carbonyl (C=O) groups excluding carboxylic acids is 2. The van der Waals surface area contributed by atoms with E-state index in [0.717, 1.165) is 19.5 Å². The molecule has 0 radical (unpaired) electrons. The Labute approximate surface area is 120 Å². The van der Waals surface area contributed by atoms with Crippen LogP contribution < -0.4 is 0 Å². The molecular formula is C16H23NO3. The molecule has 1 fully saturated rings. The molecule has 0 N–H and O–H groups in total. The monoisotopic (exact) mass is 277 g/mol. The molecule has 4 heteroatoms. The number of ketones is 1. The third kappa shape index (κ3) is 2.44. The van der Waals surface area contributed by atoms with Crippen molar-refractivity contribution in [3.8, 4) is 0 Å². The van der Waals surface area contributed by atoms with Gasteiger partial charge in [0, 0.05) is 6.54 Å². The molecule has 0 aromatic heterocycles. The van der Waals surface area contributed by atoms with E-state index in [1.807, 2.05) is 12.2 Å². The Bertz CT molecular complexity index is 455. The second kappa shape index (κ2) is 5.92. The zero-order chi connectivity index (χ0) is 14.8. The van der Waals surface area contributed by atoms with Gasteiger partial charge in [-0.15, -0.1) is 0 Å². The summed E-state index contributed by atoms with van der Waals surface area (Å²) >= 11 is 0. The fraction of sp³-hybridized carbons (Fsp3) is 0.625. The summed E-state index contributed by atoms with van der Waals surface area (Å²) in [6.45, 7) is 3.80. The number of likely N-dealkylation sites (tertiary alicyclic amines) is 1. The summed E-state index contributed by atoms with van der Waals surface area (Å²) in [4.78, 5) is 27.1. The number of allylic oxidation sites excluding steroid dienone is 4. The van der Waals surface area contributed by atoms with Crippen molar-refractivity contribution in [2.75, 3.05) is 27.2 Å². The van der Waals surface area contributed by atoms with E-state index < -0.39 is 11.3 Å². The van der Waals surface area contributed by atoms with Crippen molar-refractivity contribution < 1.29 is 14.3 Å². The molecule has 1 aliphatic carbocycles. The number of nitrogens with zero attached hydrogens (tertiary/aromatic N) is 1. The lowest BCUT2D eigenvalue weighted by atomic mass is 9.62. The molecule has 110 valence electrons. The average molecular weight is 277 g/mol. The Hall–Kier alpha value is -1.42. The molecule has 2 rings (SSSR count). The maximum atomic E-state index is 12.6. The van der Waals surface area contributed by atoms with E-state index in [2.05, 4.69) is 18.9 Å². The SMILES string of the molecule is COC(=O)C1(C2C=CC=CC2=O)CCCN(C)CC1C. The van der Waals surface area contributed by atoms with Crippen LogP contribution >= 0.6 is 0 Å². The second-order valence-corrected chi connectivity index (χ2v) is 5.92. The smallest absolute Gasteiger partial charge is 0.313 e. The Kier molecular flexibility index (Phi) is 4.43. The molecule has 2 aliphatic rings. The molecule has 1 heterocycles. The third-order valence-electron chi connectivity index (χ3n) is 4.70. The molecule has 1 saturated heterocycles. The van der Waals surface area contributed by atoms with Crippen LogP contribution in [0.5, 0.6) is 0 Å². The van der Waals surface area contributed by atoms with Gasteiger partial charge in [-0.05, 0) is 38.4 Å². The van der Waals surface area contributed by atoms with Crippen LogP contribution in [0.15, 0.2) is 24.3 Å². The van der Waals surface area contributed by atoms with E-state index in [1.165, 1.54) is 7.11 Å². The van der Waals surface area contributed by atoms with Gasteiger partial charge in [-0.2, -0.15) is 0 Å². The van der Waals surface area contributed by atoms with Crippen LogP contribution in [-0.2, 0) is 14.3 Å². The molecule has 0 bridgehead atoms. The van der Waals surface area contributed by atoms with Crippen molar-refractivity contribution in [2.45, 2.75) is 19.8 Å². The van der Waals surface area contributed by atoms with Crippen LogP contribution in [0.3, 0.4) is 0 Å². The van der Waals surface area contributed by atoms with E-state index >= 15 is 0 Å². The Morgan fingerprint density at radius 1 is 1.45 bits per heavy atom. The molecule has 0 aromatic carbocycles. The fourth-order valence-corrected chi connectivity index (χ4v) is 3.64. The number of hydrogen-bond donors (Lipinski definition) is 0. The topological polar surface area (TPSA) is 46.6 Å². The van der Waals surface area contributed by atoms with Gasteiger partial charge < -0.3 is 9.64 Å². The molecule has 0 spiro atoms. The summed E-state index contributed by atoms with van der Waals surface area (Å²) in [5, 5.41) is 0. The van der Waals surface area contributed by atoms with Gasteiger partial charge in [-0.25, -0.2) is 0 Å². The highest BCUT2D eigenvalue weighted by atomic mass is 16.5. The highest BCUT2D eigenvalue weighted by molar-refractivity contribution is 5.98. The van der Waals surface area contributed by atoms with Crippen molar-refractivity contribution in [1.29, 1.82) is 0 Å². The standard InChI is InChI=1S/C16H23NO3/c1-12-11-17(2)10-6-9-16(12,15(19)20-3)13-7-4-5-8-14(13)18/h4-5,7-8,12-13H,6,9-11H2,1-3H3. The van der Waals surface area contributed by atoms with Crippen molar-refractivity contribution in [2.24, 2.45) is 17.3 Å². The first-order valence-corrected chi connectivity index (χ1v) is 7.18. The van der Waals surface area contributed by atoms with Gasteiger partial charge >= 0.3 is 5.97 Å². The van der Waals surface area contributed by atoms with E-state index in [4.69, 9.17) is 4.74 Å². The molecule has 0 saturated carbocycles. The van der Waals surface area contributed by atoms with Gasteiger partial charge in [0.15, 0.2) is 5.78 Å². The summed E-state index contributed by atoms with van der Waals surface area (Å²) in [5.74, 6) is -0.568. The predicted molar refractivity (Wildman–Crippen MR) is 77.1 cm³/mol. The van der Waals surface area contributed by atoms with Crippen LogP contribution in [0.4, 0.5) is 0 Å². The minimum Gasteiger partial charge on any atom is -0.469 e. The molecule has 1 aliphatic heterocycles. The largest absolute Gasteiger partial charge is 0.469 e. The molecule has 3 unspecified atom stereocenters. The summed E-state index contributed by atoms with van der Waals surface area (Å²) in [5.41, 5.74) is -0.738. The third-order valence-corrected chi connectivity index (χ3v) is 4.70. The lowest BCUT2D eigenvalue weighted by molar-refractivity contribution is -0.162. The lowest BCUT2D eigenvalue weighted by Gasteiger charge is -2.40. The van der Waals surface area contributed by atoms with Crippen LogP contribution in [0.2, 0.25) is 0 Å². The first-order valence-electron chi connectivity index (χ1n) is 7.18. The minimum atomic E-state index is -0.738. The average Bonchev–Trinajstić information content (AvgIpc) is 2.57. The predicted octanol–water partition coefficient (Wildman–Crippen LogP) is 1.82. The van der Waals surface area contributed by atoms with E-state index in [-0.39, 0.29) is 17.7 Å². The summed E-state index contributed by atoms with van der Waals surface area (Å²) in [6, 6.07) is 0. The van der Waals surface area contributed by atoms with Gasteiger partial charge in [-0.3, -0.25) is 9.59 Å². The van der Waals surface area contributed by atoms with E-state index in [0.29, 0.717) is 6.42 Å². The Morgan fingerprint density at radius 3 is 2.85 bits per heavy atom. The van der Waals surface area contributed by atoms with Crippen molar-refractivity contribution >= 4 is 11.8 Å². The van der Waals surface area contributed by atoms with Crippen LogP contribution in [0.25, 0.3) is 0 Å². The summed E-state index contributed by atoms with van der Waals surface area (Å²) in [6.07, 6.45) is 8.62. The number of hydrogen-bond acceptors (Lipinski definition) is 4. The lowest BCUT2D eigenvalue weighted by Crippen LogP contribution is -2.48. The second-order valence-electron chi connectivity index (χ2n) is 5.92. The number of ether oxygens (including phenoxy) is 1. The highest BCUT2D eigenvalue weighted by Crippen LogP contribution is 2.45. The van der Waals surface area contributed by atoms with Gasteiger partial charge in [0.25, 0.3) is 0 Å². The molecule has 3 atom stereocenters. The minimum absolute atomic E-state index is 0.00861. The van der Waals surface area contributed by atoms with Crippen molar-refractivity contribution in [3.05, 3.63) is 24.3 Å². The van der Waals surface area contributed by atoms with Crippen molar-refractivity contribution in [1.82, 2.24) is 4.90 Å². The normalized spacial score (nSPS) is 34.9. The Balaban J connectivity index is 2.44. The number of rotatable bonds is 2. The van der Waals surface area contributed by atoms with Crippen molar-refractivity contribution in [3.63, 3.8) is 0 Å². The first-order chi connectivity index (χ1) is 9.52. The highest BCUT2D eigenvalue weighted by Gasteiger charge is 2.52. The summed E-state index contributed by atoms with van der Waals surface area (Å²) in [7, 11) is 3.47. The first kappa shape index (κ1) is 15.0. The van der Waals surface area contributed by atoms with Gasteiger partial charge in [0.1, 0.15) is 0 Å². The molecule has 4 nitrogen and oxygen atoms in total. The van der Waals surface area contributed by atoms with E-state index in [9.17, 15) is 9.59 Å². The zero-order valence-corrected chi connectivity index (χ0v) is 12.5. The zero-order valence-electron chi connectivity index (χ0n) is 12.5. The maximum absolute atomic E-state index is 12.6. The molecule has 20 heavy (non-hydrogen) atoms. The number of methoxy groups -OCH3 is 1. The van der Waals surface area contributed by atoms with Gasteiger partial charge in [0.2, 0.25) is 0 Å². The van der Waals surface area contributed by atoms with E-state index in [1.54, 1.807) is 12.2 Å². The fourth-order valence-electron chi connectivity index (χ4n) is 3.64. The Morgan fingerprint density at radius 2 is 2.20 bits per heavy atom. The maximum Gasteiger partial charge on any atom is 0.313 e. The number of esters is 1. The summed E-state index contributed by atoms with van der Waals surface area (Å²) < 4.78 is 5.09.